The molecule has 1 aliphatic carbocycles. The van der Waals surface area contributed by atoms with Gasteiger partial charge in [0, 0.05) is 33.6 Å². The third kappa shape index (κ3) is 4.21. The molecule has 0 spiro atoms. The lowest BCUT2D eigenvalue weighted by Gasteiger charge is -2.07. The van der Waals surface area contributed by atoms with Crippen LogP contribution in [0.25, 0.3) is 16.5 Å². The summed E-state index contributed by atoms with van der Waals surface area (Å²) >= 11 is 0. The minimum Gasteiger partial charge on any atom is -0.354 e. The molecule has 1 aromatic heterocycles. The molecule has 0 saturated heterocycles. The molecule has 1 amide bonds. The van der Waals surface area contributed by atoms with E-state index in [1.165, 1.54) is 6.21 Å². The number of aldehydes is 1. The second-order valence-corrected chi connectivity index (χ2v) is 7.27. The number of hydrogen-bond acceptors (Lipinski definition) is 4. The highest BCUT2D eigenvalue weighted by Gasteiger charge is 2.39. The second kappa shape index (κ2) is 8.73. The summed E-state index contributed by atoms with van der Waals surface area (Å²) in [4.78, 5) is 27.6. The van der Waals surface area contributed by atoms with Gasteiger partial charge in [0.25, 0.3) is 0 Å². The highest BCUT2D eigenvalue weighted by atomic mass is 16.2. The molecule has 150 valence electrons. The average molecular weight is 390 g/mol. The standard InChI is InChI=1S/C23H26N4O2/c1-4-6-8-15(7-5-2)22-19(12-25-24)21-16(13-28)10-17(11-20(21)27-22)26-23(29)18-9-14(18)3/h4,6-8,10-14,18,27H,1,5,9,24H2,2-3H3,(H,26,29)/b8-6-,15-7+,25-12-. The summed E-state index contributed by atoms with van der Waals surface area (Å²) in [7, 11) is 0. The van der Waals surface area contributed by atoms with Crippen molar-refractivity contribution in [2.24, 2.45) is 22.8 Å². The van der Waals surface area contributed by atoms with Crippen molar-refractivity contribution in [3.8, 4) is 0 Å². The molecule has 2 aromatic rings. The van der Waals surface area contributed by atoms with Gasteiger partial charge in [-0.3, -0.25) is 9.59 Å². The molecule has 0 bridgehead atoms. The highest BCUT2D eigenvalue weighted by Crippen LogP contribution is 2.39. The quantitative estimate of drug-likeness (QED) is 0.205. The normalized spacial score (nSPS) is 19.2. The Morgan fingerprint density at radius 3 is 2.79 bits per heavy atom. The Labute approximate surface area is 170 Å². The molecule has 0 radical (unpaired) electrons. The maximum Gasteiger partial charge on any atom is 0.227 e. The van der Waals surface area contributed by atoms with E-state index in [1.54, 1.807) is 12.1 Å². The fraction of sp³-hybridized carbons (Fsp3) is 0.261. The van der Waals surface area contributed by atoms with Gasteiger partial charge in [0.2, 0.25) is 5.91 Å². The van der Waals surface area contributed by atoms with Crippen molar-refractivity contribution < 1.29 is 9.59 Å². The number of hydrazone groups is 1. The first-order chi connectivity index (χ1) is 14.0. The van der Waals surface area contributed by atoms with E-state index in [0.717, 1.165) is 46.9 Å². The molecule has 1 saturated carbocycles. The van der Waals surface area contributed by atoms with E-state index in [9.17, 15) is 9.59 Å². The predicted octanol–water partition coefficient (Wildman–Crippen LogP) is 4.40. The number of nitrogens with zero attached hydrogens (tertiary/aromatic N) is 1. The van der Waals surface area contributed by atoms with Crippen LogP contribution in [0.15, 0.2) is 48.1 Å². The number of fused-ring (bicyclic) bond motifs is 1. The first kappa shape index (κ1) is 20.3. The average Bonchev–Trinajstić information content (AvgIpc) is 3.34. The fourth-order valence-electron chi connectivity index (χ4n) is 3.55. The van der Waals surface area contributed by atoms with E-state index < -0.39 is 0 Å². The van der Waals surface area contributed by atoms with Crippen LogP contribution in [0.1, 0.15) is 48.3 Å². The summed E-state index contributed by atoms with van der Waals surface area (Å²) in [5.41, 5.74) is 4.25. The van der Waals surface area contributed by atoms with E-state index in [1.807, 2.05) is 25.1 Å². The van der Waals surface area contributed by atoms with Gasteiger partial charge in [-0.2, -0.15) is 5.10 Å². The lowest BCUT2D eigenvalue weighted by Crippen LogP contribution is -2.14. The van der Waals surface area contributed by atoms with Gasteiger partial charge >= 0.3 is 0 Å². The number of amides is 1. The van der Waals surface area contributed by atoms with Crippen LogP contribution in [0, 0.1) is 11.8 Å². The Morgan fingerprint density at radius 2 is 2.21 bits per heavy atom. The highest BCUT2D eigenvalue weighted by molar-refractivity contribution is 6.12. The van der Waals surface area contributed by atoms with Crippen LogP contribution < -0.4 is 11.2 Å². The Bertz CT molecular complexity index is 1040. The van der Waals surface area contributed by atoms with Crippen LogP contribution in [0.3, 0.4) is 0 Å². The number of H-pyrrole nitrogens is 1. The summed E-state index contributed by atoms with van der Waals surface area (Å²) in [5.74, 6) is 5.90. The van der Waals surface area contributed by atoms with Gasteiger partial charge in [0.05, 0.1) is 11.9 Å². The molecule has 0 aliphatic heterocycles. The van der Waals surface area contributed by atoms with Crippen LogP contribution in [0.4, 0.5) is 5.69 Å². The number of carbonyl (C=O) groups excluding carboxylic acids is 2. The molecule has 4 N–H and O–H groups in total. The van der Waals surface area contributed by atoms with Gasteiger partial charge in [-0.1, -0.05) is 44.7 Å². The zero-order valence-corrected chi connectivity index (χ0v) is 16.7. The number of hydrogen-bond donors (Lipinski definition) is 3. The lowest BCUT2D eigenvalue weighted by molar-refractivity contribution is -0.117. The molecule has 2 atom stereocenters. The number of aromatic nitrogens is 1. The number of benzene rings is 1. The number of aromatic amines is 1. The van der Waals surface area contributed by atoms with Gasteiger partial charge in [-0.05, 0) is 36.5 Å². The number of nitrogens with one attached hydrogen (secondary N) is 2. The third-order valence-electron chi connectivity index (χ3n) is 5.14. The molecular weight excluding hydrogens is 364 g/mol. The fourth-order valence-corrected chi connectivity index (χ4v) is 3.55. The summed E-state index contributed by atoms with van der Waals surface area (Å²) in [6, 6.07) is 3.53. The van der Waals surface area contributed by atoms with Crippen LogP contribution in [-0.4, -0.2) is 23.4 Å². The summed E-state index contributed by atoms with van der Waals surface area (Å²) < 4.78 is 0. The van der Waals surface area contributed by atoms with Crippen molar-refractivity contribution in [3.05, 3.63) is 59.8 Å². The SMILES string of the molecule is C=C/C=C\C(=C/CC)c1[nH]c2cc(NC(=O)C3CC3C)cc(C=O)c2c1/C=N\N. The molecule has 6 heteroatoms. The molecule has 1 heterocycles. The molecule has 6 nitrogen and oxygen atoms in total. The van der Waals surface area contributed by atoms with E-state index in [4.69, 9.17) is 5.84 Å². The lowest BCUT2D eigenvalue weighted by atomic mass is 10.0. The zero-order valence-electron chi connectivity index (χ0n) is 16.7. The maximum absolute atomic E-state index is 12.3. The predicted molar refractivity (Wildman–Crippen MR) is 119 cm³/mol. The van der Waals surface area contributed by atoms with Crippen LogP contribution in [0.2, 0.25) is 0 Å². The van der Waals surface area contributed by atoms with Crippen molar-refractivity contribution in [1.82, 2.24) is 4.98 Å². The van der Waals surface area contributed by atoms with E-state index in [0.29, 0.717) is 17.2 Å². The van der Waals surface area contributed by atoms with E-state index in [2.05, 4.69) is 35.0 Å². The number of allylic oxidation sites excluding steroid dienone is 5. The summed E-state index contributed by atoms with van der Waals surface area (Å²) in [6.45, 7) is 7.82. The van der Waals surface area contributed by atoms with Crippen molar-refractivity contribution in [3.63, 3.8) is 0 Å². The third-order valence-corrected chi connectivity index (χ3v) is 5.14. The van der Waals surface area contributed by atoms with Crippen molar-refractivity contribution in [2.75, 3.05) is 5.32 Å². The first-order valence-electron chi connectivity index (χ1n) is 9.72. The second-order valence-electron chi connectivity index (χ2n) is 7.27. The van der Waals surface area contributed by atoms with Crippen LogP contribution in [0.5, 0.6) is 0 Å². The zero-order chi connectivity index (χ0) is 21.0. The molecule has 29 heavy (non-hydrogen) atoms. The van der Waals surface area contributed by atoms with Gasteiger partial charge in [-0.15, -0.1) is 0 Å². The Hall–Kier alpha value is -3.41. The molecule has 2 unspecified atom stereocenters. The van der Waals surface area contributed by atoms with E-state index >= 15 is 0 Å². The largest absolute Gasteiger partial charge is 0.354 e. The molecular formula is C23H26N4O2. The first-order valence-corrected chi connectivity index (χ1v) is 9.72. The molecule has 1 fully saturated rings. The molecule has 1 aromatic carbocycles. The van der Waals surface area contributed by atoms with Crippen molar-refractivity contribution in [2.45, 2.75) is 26.7 Å². The minimum absolute atomic E-state index is 0.00953. The van der Waals surface area contributed by atoms with Crippen molar-refractivity contribution >= 4 is 40.6 Å². The topological polar surface area (TPSA) is 100 Å². The smallest absolute Gasteiger partial charge is 0.227 e. The Morgan fingerprint density at radius 1 is 1.45 bits per heavy atom. The summed E-state index contributed by atoms with van der Waals surface area (Å²) in [6.07, 6.45) is 11.6. The van der Waals surface area contributed by atoms with Gasteiger partial charge < -0.3 is 16.1 Å². The molecule has 1 aliphatic rings. The maximum atomic E-state index is 12.3. The van der Waals surface area contributed by atoms with Crippen molar-refractivity contribution in [1.29, 1.82) is 0 Å². The number of nitrogens with two attached hydrogens (primary N) is 1. The number of carbonyl (C=O) groups is 2. The van der Waals surface area contributed by atoms with Crippen LogP contribution >= 0.6 is 0 Å². The number of rotatable bonds is 8. The number of anilines is 1. The Balaban J connectivity index is 2.15. The van der Waals surface area contributed by atoms with E-state index in [-0.39, 0.29) is 11.8 Å². The van der Waals surface area contributed by atoms with Gasteiger partial charge in [0.15, 0.2) is 6.29 Å². The monoisotopic (exact) mass is 390 g/mol. The molecule has 3 rings (SSSR count). The Kier molecular flexibility index (Phi) is 6.12. The van der Waals surface area contributed by atoms with Gasteiger partial charge in [0.1, 0.15) is 0 Å². The summed E-state index contributed by atoms with van der Waals surface area (Å²) in [5, 5.41) is 7.35. The van der Waals surface area contributed by atoms with Gasteiger partial charge in [-0.25, -0.2) is 0 Å². The minimum atomic E-state index is -0.00953. The van der Waals surface area contributed by atoms with Crippen LogP contribution in [-0.2, 0) is 4.79 Å².